The molecule has 0 amide bonds. The van der Waals surface area contributed by atoms with E-state index in [0.717, 1.165) is 5.75 Å². The monoisotopic (exact) mass is 209 g/mol. The van der Waals surface area contributed by atoms with Crippen molar-refractivity contribution in [2.75, 3.05) is 20.2 Å². The van der Waals surface area contributed by atoms with Crippen LogP contribution in [0.1, 0.15) is 12.0 Å². The average molecular weight is 209 g/mol. The van der Waals surface area contributed by atoms with Crippen LogP contribution in [0.15, 0.2) is 24.3 Å². The van der Waals surface area contributed by atoms with Crippen molar-refractivity contribution >= 4 is 0 Å². The zero-order chi connectivity index (χ0) is 11.1. The number of aliphatic hydroxyl groups excluding tert-OH is 1. The van der Waals surface area contributed by atoms with Gasteiger partial charge in [0.15, 0.2) is 0 Å². The first-order chi connectivity index (χ1) is 7.22. The Morgan fingerprint density at radius 3 is 2.60 bits per heavy atom. The van der Waals surface area contributed by atoms with Crippen LogP contribution >= 0.6 is 0 Å². The summed E-state index contributed by atoms with van der Waals surface area (Å²) in [5.41, 5.74) is 1.22. The second kappa shape index (κ2) is 6.43. The normalized spacial score (nSPS) is 12.5. The predicted octanol–water partition coefficient (Wildman–Crippen LogP) is 1.34. The van der Waals surface area contributed by atoms with E-state index in [1.807, 2.05) is 38.2 Å². The van der Waals surface area contributed by atoms with Gasteiger partial charge in [-0.05, 0) is 26.1 Å². The Kier molecular flexibility index (Phi) is 5.15. The third kappa shape index (κ3) is 4.81. The van der Waals surface area contributed by atoms with Crippen LogP contribution in [-0.4, -0.2) is 31.4 Å². The van der Waals surface area contributed by atoms with E-state index in [1.165, 1.54) is 5.56 Å². The maximum Gasteiger partial charge on any atom is 0.119 e. The summed E-state index contributed by atoms with van der Waals surface area (Å²) in [6.07, 6.45) is 0.315. The van der Waals surface area contributed by atoms with Gasteiger partial charge in [0.05, 0.1) is 12.7 Å². The molecule has 1 rings (SSSR count). The van der Waals surface area contributed by atoms with Crippen molar-refractivity contribution in [3.8, 4) is 5.75 Å². The first-order valence-electron chi connectivity index (χ1n) is 5.24. The van der Waals surface area contributed by atoms with E-state index >= 15 is 0 Å². The predicted molar refractivity (Wildman–Crippen MR) is 61.2 cm³/mol. The Balaban J connectivity index is 2.22. The molecule has 3 nitrogen and oxygen atoms in total. The lowest BCUT2D eigenvalue weighted by Crippen LogP contribution is -2.25. The molecule has 0 saturated carbocycles. The zero-order valence-electron chi connectivity index (χ0n) is 9.36. The molecule has 0 aliphatic heterocycles. The number of aliphatic hydroxyl groups is 1. The van der Waals surface area contributed by atoms with E-state index in [4.69, 9.17) is 4.74 Å². The van der Waals surface area contributed by atoms with E-state index in [9.17, 15) is 5.11 Å². The topological polar surface area (TPSA) is 41.5 Å². The molecular weight excluding hydrogens is 190 g/mol. The molecule has 0 spiro atoms. The summed E-state index contributed by atoms with van der Waals surface area (Å²) in [5.74, 6) is 0.859. The number of aryl methyl sites for hydroxylation is 1. The quantitative estimate of drug-likeness (QED) is 0.743. The highest BCUT2D eigenvalue weighted by molar-refractivity contribution is 5.26. The lowest BCUT2D eigenvalue weighted by Gasteiger charge is -2.10. The van der Waals surface area contributed by atoms with E-state index < -0.39 is 0 Å². The van der Waals surface area contributed by atoms with Gasteiger partial charge in [-0.15, -0.1) is 0 Å². The summed E-state index contributed by atoms with van der Waals surface area (Å²) >= 11 is 0. The minimum atomic E-state index is -0.333. The van der Waals surface area contributed by atoms with Crippen LogP contribution in [0.25, 0.3) is 0 Å². The lowest BCUT2D eigenvalue weighted by atomic mass is 10.2. The molecule has 0 saturated heterocycles. The fraction of sp³-hybridized carbons (Fsp3) is 0.500. The second-order valence-corrected chi connectivity index (χ2v) is 3.66. The number of ether oxygens (including phenoxy) is 1. The van der Waals surface area contributed by atoms with Crippen LogP contribution in [0.5, 0.6) is 5.75 Å². The SMILES string of the molecule is CNCC(O)CCOc1ccc(C)cc1. The number of likely N-dealkylation sites (N-methyl/N-ethyl adjacent to an activating group) is 1. The first-order valence-corrected chi connectivity index (χ1v) is 5.24. The Morgan fingerprint density at radius 1 is 1.33 bits per heavy atom. The summed E-state index contributed by atoms with van der Waals surface area (Å²) in [6.45, 7) is 3.20. The van der Waals surface area contributed by atoms with Gasteiger partial charge < -0.3 is 15.2 Å². The van der Waals surface area contributed by atoms with E-state index in [-0.39, 0.29) is 6.10 Å². The van der Waals surface area contributed by atoms with Gasteiger partial charge in [-0.3, -0.25) is 0 Å². The number of nitrogens with one attached hydrogen (secondary N) is 1. The molecule has 0 bridgehead atoms. The van der Waals surface area contributed by atoms with Gasteiger partial charge in [-0.1, -0.05) is 17.7 Å². The molecule has 84 valence electrons. The molecule has 1 aromatic carbocycles. The molecule has 0 aromatic heterocycles. The van der Waals surface area contributed by atoms with Gasteiger partial charge in [0, 0.05) is 13.0 Å². The van der Waals surface area contributed by atoms with Crippen LogP contribution in [-0.2, 0) is 0 Å². The van der Waals surface area contributed by atoms with Crippen LogP contribution < -0.4 is 10.1 Å². The van der Waals surface area contributed by atoms with Crippen LogP contribution in [0.2, 0.25) is 0 Å². The largest absolute Gasteiger partial charge is 0.493 e. The minimum Gasteiger partial charge on any atom is -0.493 e. The molecule has 0 aliphatic carbocycles. The Labute approximate surface area is 91.1 Å². The molecule has 0 radical (unpaired) electrons. The summed E-state index contributed by atoms with van der Waals surface area (Å²) in [7, 11) is 1.82. The molecule has 1 unspecified atom stereocenters. The molecule has 1 aromatic rings. The fourth-order valence-electron chi connectivity index (χ4n) is 1.28. The highest BCUT2D eigenvalue weighted by atomic mass is 16.5. The molecular formula is C12H19NO2. The standard InChI is InChI=1S/C12H19NO2/c1-10-3-5-12(6-4-10)15-8-7-11(14)9-13-2/h3-6,11,13-14H,7-9H2,1-2H3. The van der Waals surface area contributed by atoms with Crippen molar-refractivity contribution in [2.24, 2.45) is 0 Å². The average Bonchev–Trinajstić information content (AvgIpc) is 2.21. The third-order valence-electron chi connectivity index (χ3n) is 2.18. The molecule has 15 heavy (non-hydrogen) atoms. The van der Waals surface area contributed by atoms with Gasteiger partial charge in [0.1, 0.15) is 5.75 Å². The molecule has 2 N–H and O–H groups in total. The van der Waals surface area contributed by atoms with Crippen molar-refractivity contribution < 1.29 is 9.84 Å². The van der Waals surface area contributed by atoms with Gasteiger partial charge in [-0.25, -0.2) is 0 Å². The highest BCUT2D eigenvalue weighted by Gasteiger charge is 2.02. The fourth-order valence-corrected chi connectivity index (χ4v) is 1.28. The minimum absolute atomic E-state index is 0.333. The molecule has 0 aliphatic rings. The summed E-state index contributed by atoms with van der Waals surface area (Å²) in [5, 5.41) is 12.3. The van der Waals surface area contributed by atoms with Crippen LogP contribution in [0.3, 0.4) is 0 Å². The van der Waals surface area contributed by atoms with Crippen molar-refractivity contribution in [3.05, 3.63) is 29.8 Å². The van der Waals surface area contributed by atoms with Gasteiger partial charge in [0.25, 0.3) is 0 Å². The molecule has 3 heteroatoms. The van der Waals surface area contributed by atoms with Crippen molar-refractivity contribution in [3.63, 3.8) is 0 Å². The maximum atomic E-state index is 9.43. The van der Waals surface area contributed by atoms with Crippen molar-refractivity contribution in [1.82, 2.24) is 5.32 Å². The number of benzene rings is 1. The Morgan fingerprint density at radius 2 is 2.00 bits per heavy atom. The second-order valence-electron chi connectivity index (χ2n) is 3.66. The van der Waals surface area contributed by atoms with E-state index in [0.29, 0.717) is 19.6 Å². The summed E-state index contributed by atoms with van der Waals surface area (Å²) in [6, 6.07) is 7.91. The summed E-state index contributed by atoms with van der Waals surface area (Å²) in [4.78, 5) is 0. The van der Waals surface area contributed by atoms with Crippen molar-refractivity contribution in [1.29, 1.82) is 0 Å². The van der Waals surface area contributed by atoms with Crippen LogP contribution in [0.4, 0.5) is 0 Å². The lowest BCUT2D eigenvalue weighted by molar-refractivity contribution is 0.139. The third-order valence-corrected chi connectivity index (χ3v) is 2.18. The van der Waals surface area contributed by atoms with Crippen molar-refractivity contribution in [2.45, 2.75) is 19.4 Å². The van der Waals surface area contributed by atoms with Gasteiger partial charge in [0.2, 0.25) is 0 Å². The molecule has 1 atom stereocenters. The van der Waals surface area contributed by atoms with E-state index in [2.05, 4.69) is 5.32 Å². The Hall–Kier alpha value is -1.06. The number of hydrogen-bond donors (Lipinski definition) is 2. The maximum absolute atomic E-state index is 9.43. The Bertz CT molecular complexity index is 271. The molecule has 0 heterocycles. The highest BCUT2D eigenvalue weighted by Crippen LogP contribution is 2.11. The van der Waals surface area contributed by atoms with Crippen LogP contribution in [0, 0.1) is 6.92 Å². The van der Waals surface area contributed by atoms with Gasteiger partial charge >= 0.3 is 0 Å². The first kappa shape index (κ1) is 12.0. The molecule has 0 fully saturated rings. The number of rotatable bonds is 6. The number of hydrogen-bond acceptors (Lipinski definition) is 3. The smallest absolute Gasteiger partial charge is 0.119 e. The van der Waals surface area contributed by atoms with E-state index in [1.54, 1.807) is 0 Å². The zero-order valence-corrected chi connectivity index (χ0v) is 9.36. The van der Waals surface area contributed by atoms with Gasteiger partial charge in [-0.2, -0.15) is 0 Å². The summed E-state index contributed by atoms with van der Waals surface area (Å²) < 4.78 is 5.49.